The number of hydrogen-bond acceptors (Lipinski definition) is 3. The molecule has 1 N–H and O–H groups in total. The molecule has 2 rings (SSSR count). The van der Waals surface area contributed by atoms with Crippen LogP contribution in [-0.4, -0.2) is 24.2 Å². The Balaban J connectivity index is 2.23. The molecule has 0 bridgehead atoms. The van der Waals surface area contributed by atoms with Crippen LogP contribution in [0.2, 0.25) is 0 Å². The van der Waals surface area contributed by atoms with E-state index in [1.165, 1.54) is 18.9 Å². The van der Waals surface area contributed by atoms with Crippen molar-refractivity contribution in [1.29, 1.82) is 5.26 Å². The van der Waals surface area contributed by atoms with Crippen molar-refractivity contribution in [3.63, 3.8) is 0 Å². The molecule has 0 heterocycles. The molecule has 0 saturated heterocycles. The van der Waals surface area contributed by atoms with Crippen LogP contribution in [0.5, 0.6) is 0 Å². The number of hydrogen-bond donors (Lipinski definition) is 1. The highest BCUT2D eigenvalue weighted by atomic mass is 16.4. The van der Waals surface area contributed by atoms with Gasteiger partial charge in [0.15, 0.2) is 0 Å². The van der Waals surface area contributed by atoms with Crippen LogP contribution in [0.4, 0.5) is 5.69 Å². The van der Waals surface area contributed by atoms with E-state index in [-0.39, 0.29) is 5.56 Å². The van der Waals surface area contributed by atoms with Crippen molar-refractivity contribution in [2.24, 2.45) is 5.92 Å². The van der Waals surface area contributed by atoms with Crippen LogP contribution < -0.4 is 4.90 Å². The maximum absolute atomic E-state index is 11.0. The number of carboxylic acids is 1. The Morgan fingerprint density at radius 2 is 2.00 bits per heavy atom. The molecule has 1 aliphatic rings. The highest BCUT2D eigenvalue weighted by Gasteiger charge is 2.23. The molecule has 1 aliphatic carbocycles. The van der Waals surface area contributed by atoms with Gasteiger partial charge in [-0.25, -0.2) is 4.79 Å². The topological polar surface area (TPSA) is 64.3 Å². The molecular formula is C16H20N2O2. The summed E-state index contributed by atoms with van der Waals surface area (Å²) in [6.45, 7) is 2.28. The van der Waals surface area contributed by atoms with Crippen molar-refractivity contribution >= 4 is 11.7 Å². The van der Waals surface area contributed by atoms with Crippen LogP contribution in [0.25, 0.3) is 0 Å². The highest BCUT2D eigenvalue weighted by molar-refractivity contribution is 5.89. The summed E-state index contributed by atoms with van der Waals surface area (Å²) >= 11 is 0. The molecule has 106 valence electrons. The van der Waals surface area contributed by atoms with Gasteiger partial charge in [-0.15, -0.1) is 0 Å². The summed E-state index contributed by atoms with van der Waals surface area (Å²) in [7, 11) is 2.00. The van der Waals surface area contributed by atoms with Crippen molar-refractivity contribution in [3.8, 4) is 6.07 Å². The van der Waals surface area contributed by atoms with Gasteiger partial charge in [-0.05, 0) is 49.8 Å². The number of rotatable bonds is 3. The number of benzene rings is 1. The Hall–Kier alpha value is -2.02. The standard InChI is InChI=1S/C16H20N2O2/c1-11-3-6-14(7-4-11)18(2)15-8-5-12(16(19)20)9-13(15)10-17/h5,8-9,11,14H,3-4,6-7H2,1-2H3,(H,19,20). The SMILES string of the molecule is CC1CCC(N(C)c2ccc(C(=O)O)cc2C#N)CC1. The van der Waals surface area contributed by atoms with Gasteiger partial charge in [0.05, 0.1) is 16.8 Å². The summed E-state index contributed by atoms with van der Waals surface area (Å²) in [5.74, 6) is -0.216. The minimum Gasteiger partial charge on any atom is -0.478 e. The fourth-order valence-electron chi connectivity index (χ4n) is 2.89. The fourth-order valence-corrected chi connectivity index (χ4v) is 2.89. The van der Waals surface area contributed by atoms with Crippen LogP contribution in [0, 0.1) is 17.2 Å². The summed E-state index contributed by atoms with van der Waals surface area (Å²) in [5, 5.41) is 18.2. The predicted octanol–water partition coefficient (Wildman–Crippen LogP) is 3.27. The van der Waals surface area contributed by atoms with Crippen LogP contribution in [0.15, 0.2) is 18.2 Å². The van der Waals surface area contributed by atoms with Crippen LogP contribution >= 0.6 is 0 Å². The maximum atomic E-state index is 11.0. The number of carboxylic acid groups (broad SMARTS) is 1. The van der Waals surface area contributed by atoms with Crippen molar-refractivity contribution < 1.29 is 9.90 Å². The van der Waals surface area contributed by atoms with E-state index in [0.29, 0.717) is 11.6 Å². The van der Waals surface area contributed by atoms with E-state index in [1.807, 2.05) is 7.05 Å². The van der Waals surface area contributed by atoms with Gasteiger partial charge < -0.3 is 10.0 Å². The van der Waals surface area contributed by atoms with Gasteiger partial charge in [0.1, 0.15) is 6.07 Å². The second-order valence-electron chi connectivity index (χ2n) is 5.67. The first-order valence-electron chi connectivity index (χ1n) is 7.03. The van der Waals surface area contributed by atoms with Gasteiger partial charge in [-0.3, -0.25) is 0 Å². The van der Waals surface area contributed by atoms with Crippen molar-refractivity contribution in [2.45, 2.75) is 38.6 Å². The summed E-state index contributed by atoms with van der Waals surface area (Å²) < 4.78 is 0. The van der Waals surface area contributed by atoms with E-state index in [9.17, 15) is 10.1 Å². The molecule has 0 atom stereocenters. The lowest BCUT2D eigenvalue weighted by atomic mass is 9.86. The first-order chi connectivity index (χ1) is 9.52. The average Bonchev–Trinajstić information content (AvgIpc) is 2.46. The molecule has 0 aliphatic heterocycles. The van der Waals surface area contributed by atoms with Crippen molar-refractivity contribution in [3.05, 3.63) is 29.3 Å². The minimum atomic E-state index is -0.998. The summed E-state index contributed by atoms with van der Waals surface area (Å²) in [5.41, 5.74) is 1.43. The Kier molecular flexibility index (Phi) is 4.29. The zero-order valence-electron chi connectivity index (χ0n) is 12.0. The van der Waals surface area contributed by atoms with E-state index in [4.69, 9.17) is 5.11 Å². The number of nitriles is 1. The Morgan fingerprint density at radius 3 is 2.55 bits per heavy atom. The largest absolute Gasteiger partial charge is 0.478 e. The van der Waals surface area contributed by atoms with E-state index < -0.39 is 5.97 Å². The monoisotopic (exact) mass is 272 g/mol. The Bertz CT molecular complexity index is 540. The quantitative estimate of drug-likeness (QED) is 0.917. The molecule has 1 fully saturated rings. The van der Waals surface area contributed by atoms with Gasteiger partial charge in [-0.2, -0.15) is 5.26 Å². The summed E-state index contributed by atoms with van der Waals surface area (Å²) in [4.78, 5) is 13.1. The molecule has 1 aromatic rings. The lowest BCUT2D eigenvalue weighted by molar-refractivity contribution is 0.0697. The molecule has 0 spiro atoms. The van der Waals surface area contributed by atoms with E-state index >= 15 is 0 Å². The fraction of sp³-hybridized carbons (Fsp3) is 0.500. The molecule has 1 aromatic carbocycles. The van der Waals surface area contributed by atoms with E-state index in [2.05, 4.69) is 17.9 Å². The average molecular weight is 272 g/mol. The number of aromatic carboxylic acids is 1. The van der Waals surface area contributed by atoms with Gasteiger partial charge in [0.2, 0.25) is 0 Å². The summed E-state index contributed by atoms with van der Waals surface area (Å²) in [6.07, 6.45) is 4.68. The van der Waals surface area contributed by atoms with Crippen molar-refractivity contribution in [1.82, 2.24) is 0 Å². The van der Waals surface area contributed by atoms with Crippen LogP contribution in [0.3, 0.4) is 0 Å². The second kappa shape index (κ2) is 5.96. The first-order valence-corrected chi connectivity index (χ1v) is 7.03. The maximum Gasteiger partial charge on any atom is 0.335 e. The molecule has 4 nitrogen and oxygen atoms in total. The smallest absolute Gasteiger partial charge is 0.335 e. The van der Waals surface area contributed by atoms with Crippen LogP contribution in [0.1, 0.15) is 48.5 Å². The highest BCUT2D eigenvalue weighted by Crippen LogP contribution is 2.31. The molecule has 0 radical (unpaired) electrons. The van der Waals surface area contributed by atoms with E-state index in [1.54, 1.807) is 12.1 Å². The summed E-state index contributed by atoms with van der Waals surface area (Å²) in [6, 6.07) is 7.33. The molecule has 4 heteroatoms. The predicted molar refractivity (Wildman–Crippen MR) is 77.9 cm³/mol. The Labute approximate surface area is 119 Å². The zero-order chi connectivity index (χ0) is 14.7. The van der Waals surface area contributed by atoms with Gasteiger partial charge in [0, 0.05) is 13.1 Å². The zero-order valence-corrected chi connectivity index (χ0v) is 12.0. The van der Waals surface area contributed by atoms with Crippen molar-refractivity contribution in [2.75, 3.05) is 11.9 Å². The normalized spacial score (nSPS) is 22.1. The molecular weight excluding hydrogens is 252 g/mol. The molecule has 0 aromatic heterocycles. The van der Waals surface area contributed by atoms with Gasteiger partial charge in [0.25, 0.3) is 0 Å². The lowest BCUT2D eigenvalue weighted by Gasteiger charge is -2.35. The minimum absolute atomic E-state index is 0.163. The van der Waals surface area contributed by atoms with Crippen LogP contribution in [-0.2, 0) is 0 Å². The molecule has 0 unspecified atom stereocenters. The third-order valence-electron chi connectivity index (χ3n) is 4.28. The lowest BCUT2D eigenvalue weighted by Crippen LogP contribution is -2.35. The van der Waals surface area contributed by atoms with Gasteiger partial charge in [-0.1, -0.05) is 6.92 Å². The molecule has 1 saturated carbocycles. The van der Waals surface area contributed by atoms with Gasteiger partial charge >= 0.3 is 5.97 Å². The molecule has 0 amide bonds. The number of anilines is 1. The third kappa shape index (κ3) is 2.93. The number of nitrogens with zero attached hydrogens (tertiary/aromatic N) is 2. The first kappa shape index (κ1) is 14.4. The Morgan fingerprint density at radius 1 is 1.35 bits per heavy atom. The third-order valence-corrected chi connectivity index (χ3v) is 4.28. The van der Waals surface area contributed by atoms with E-state index in [0.717, 1.165) is 24.4 Å². The second-order valence-corrected chi connectivity index (χ2v) is 5.67. The molecule has 20 heavy (non-hydrogen) atoms. The number of carbonyl (C=O) groups is 1.